The van der Waals surface area contributed by atoms with Gasteiger partial charge in [0.25, 0.3) is 0 Å². The van der Waals surface area contributed by atoms with Crippen molar-refractivity contribution in [3.63, 3.8) is 0 Å². The van der Waals surface area contributed by atoms with Crippen molar-refractivity contribution >= 4 is 0 Å². The van der Waals surface area contributed by atoms with Crippen molar-refractivity contribution in [1.29, 1.82) is 0 Å². The van der Waals surface area contributed by atoms with E-state index in [0.29, 0.717) is 0 Å². The van der Waals surface area contributed by atoms with Gasteiger partial charge in [0.1, 0.15) is 0 Å². The zero-order valence-corrected chi connectivity index (χ0v) is 15.0. The monoisotopic (exact) mass is 294 g/mol. The summed E-state index contributed by atoms with van der Waals surface area (Å²) in [5.74, 6) is 3.87. The lowest BCUT2D eigenvalue weighted by molar-refractivity contribution is 0.264. The number of hydrogen-bond acceptors (Lipinski definition) is 2. The van der Waals surface area contributed by atoms with Crippen molar-refractivity contribution in [2.75, 3.05) is 39.3 Å². The molecule has 4 unspecified atom stereocenters. The van der Waals surface area contributed by atoms with Gasteiger partial charge in [0.15, 0.2) is 0 Å². The molecule has 2 fully saturated rings. The average Bonchev–Trinajstić information content (AvgIpc) is 3.10. The van der Waals surface area contributed by atoms with E-state index in [1.54, 1.807) is 0 Å². The summed E-state index contributed by atoms with van der Waals surface area (Å²) in [5, 5.41) is 0. The van der Waals surface area contributed by atoms with Crippen molar-refractivity contribution < 1.29 is 0 Å². The van der Waals surface area contributed by atoms with Crippen LogP contribution < -0.4 is 0 Å². The summed E-state index contributed by atoms with van der Waals surface area (Å²) in [7, 11) is 0. The lowest BCUT2D eigenvalue weighted by Crippen LogP contribution is -2.28. The second-order valence-corrected chi connectivity index (χ2v) is 7.55. The normalized spacial score (nSPS) is 34.9. The fraction of sp³-hybridized carbons (Fsp3) is 1.00. The molecule has 0 spiro atoms. The predicted molar refractivity (Wildman–Crippen MR) is 92.6 cm³/mol. The predicted octanol–water partition coefficient (Wildman–Crippen LogP) is 4.11. The lowest BCUT2D eigenvalue weighted by atomic mass is 9.92. The molecule has 21 heavy (non-hydrogen) atoms. The number of hydrogen-bond donors (Lipinski definition) is 0. The van der Waals surface area contributed by atoms with Crippen molar-refractivity contribution in [3.05, 3.63) is 0 Å². The van der Waals surface area contributed by atoms with Gasteiger partial charge < -0.3 is 9.80 Å². The molecule has 0 N–H and O–H groups in total. The highest BCUT2D eigenvalue weighted by Crippen LogP contribution is 2.30. The number of rotatable bonds is 8. The van der Waals surface area contributed by atoms with Crippen LogP contribution in [0, 0.1) is 23.7 Å². The molecule has 2 nitrogen and oxygen atoms in total. The van der Waals surface area contributed by atoms with Crippen LogP contribution in [-0.2, 0) is 0 Å². The van der Waals surface area contributed by atoms with E-state index >= 15 is 0 Å². The highest BCUT2D eigenvalue weighted by Gasteiger charge is 2.31. The molecular weight excluding hydrogens is 256 g/mol. The van der Waals surface area contributed by atoms with Gasteiger partial charge in [0.05, 0.1) is 0 Å². The Kier molecular flexibility index (Phi) is 7.01. The van der Waals surface area contributed by atoms with E-state index in [2.05, 4.69) is 37.5 Å². The molecule has 0 aromatic rings. The first-order valence-electron chi connectivity index (χ1n) is 9.66. The molecule has 0 aromatic heterocycles. The molecule has 0 aliphatic carbocycles. The minimum atomic E-state index is 0.968. The third kappa shape index (κ3) is 4.45. The Morgan fingerprint density at radius 1 is 0.571 bits per heavy atom. The van der Waals surface area contributed by atoms with E-state index in [1.807, 2.05) is 0 Å². The second kappa shape index (κ2) is 8.53. The molecular formula is C19H38N2. The summed E-state index contributed by atoms with van der Waals surface area (Å²) in [6.07, 6.45) is 6.86. The minimum absolute atomic E-state index is 0.968. The van der Waals surface area contributed by atoms with E-state index < -0.39 is 0 Å². The summed E-state index contributed by atoms with van der Waals surface area (Å²) in [6, 6.07) is 0. The largest absolute Gasteiger partial charge is 0.303 e. The van der Waals surface area contributed by atoms with E-state index in [4.69, 9.17) is 0 Å². The number of likely N-dealkylation sites (tertiary alicyclic amines) is 2. The Morgan fingerprint density at radius 2 is 0.857 bits per heavy atom. The molecule has 2 aliphatic heterocycles. The van der Waals surface area contributed by atoms with E-state index in [-0.39, 0.29) is 0 Å². The lowest BCUT2D eigenvalue weighted by Gasteiger charge is -2.19. The molecule has 2 rings (SSSR count). The fourth-order valence-electron chi connectivity index (χ4n) is 4.80. The van der Waals surface area contributed by atoms with Gasteiger partial charge in [-0.3, -0.25) is 0 Å². The molecule has 2 saturated heterocycles. The van der Waals surface area contributed by atoms with Gasteiger partial charge in [-0.2, -0.15) is 0 Å². The summed E-state index contributed by atoms with van der Waals surface area (Å²) < 4.78 is 0. The highest BCUT2D eigenvalue weighted by atomic mass is 15.2. The Hall–Kier alpha value is -0.0800. The zero-order valence-electron chi connectivity index (χ0n) is 15.0. The molecule has 124 valence electrons. The summed E-state index contributed by atoms with van der Waals surface area (Å²) in [4.78, 5) is 5.49. The summed E-state index contributed by atoms with van der Waals surface area (Å²) in [5.41, 5.74) is 0. The highest BCUT2D eigenvalue weighted by molar-refractivity contribution is 4.84. The fourth-order valence-corrected chi connectivity index (χ4v) is 4.80. The van der Waals surface area contributed by atoms with Gasteiger partial charge in [-0.1, -0.05) is 53.4 Å². The molecule has 0 saturated carbocycles. The Bertz CT molecular complexity index is 239. The van der Waals surface area contributed by atoms with Crippen LogP contribution in [0.25, 0.3) is 0 Å². The Balaban J connectivity index is 1.66. The van der Waals surface area contributed by atoms with Gasteiger partial charge in [0.2, 0.25) is 0 Å². The summed E-state index contributed by atoms with van der Waals surface area (Å²) >= 11 is 0. The van der Waals surface area contributed by atoms with Crippen molar-refractivity contribution in [2.45, 2.75) is 59.8 Å². The van der Waals surface area contributed by atoms with Crippen molar-refractivity contribution in [1.82, 2.24) is 9.80 Å². The maximum atomic E-state index is 2.74. The van der Waals surface area contributed by atoms with Crippen LogP contribution in [0.1, 0.15) is 59.8 Å². The van der Waals surface area contributed by atoms with Crippen LogP contribution in [0.2, 0.25) is 0 Å². The topological polar surface area (TPSA) is 6.48 Å². The third-order valence-electron chi connectivity index (χ3n) is 6.35. The van der Waals surface area contributed by atoms with E-state index in [0.717, 1.165) is 23.7 Å². The van der Waals surface area contributed by atoms with Crippen molar-refractivity contribution in [2.24, 2.45) is 23.7 Å². The second-order valence-electron chi connectivity index (χ2n) is 7.55. The molecule has 2 heterocycles. The molecule has 0 aromatic carbocycles. The first-order chi connectivity index (χ1) is 10.2. The van der Waals surface area contributed by atoms with Gasteiger partial charge in [-0.05, 0) is 43.2 Å². The molecule has 0 radical (unpaired) electrons. The molecule has 2 heteroatoms. The van der Waals surface area contributed by atoms with Crippen LogP contribution in [0.4, 0.5) is 0 Å². The Morgan fingerprint density at radius 3 is 1.10 bits per heavy atom. The first-order valence-corrected chi connectivity index (χ1v) is 9.66. The van der Waals surface area contributed by atoms with Crippen LogP contribution >= 0.6 is 0 Å². The van der Waals surface area contributed by atoms with Crippen LogP contribution in [0.5, 0.6) is 0 Å². The van der Waals surface area contributed by atoms with E-state index in [9.17, 15) is 0 Å². The first kappa shape index (κ1) is 17.3. The third-order valence-corrected chi connectivity index (χ3v) is 6.35. The standard InChI is InChI=1S/C19H38N2/c1-5-16-12-20(13-17(16)6-2)10-9-11-21-14-18(7-3)19(8-4)15-21/h16-19H,5-15H2,1-4H3. The Labute approximate surface area is 133 Å². The molecule has 0 bridgehead atoms. The average molecular weight is 295 g/mol. The van der Waals surface area contributed by atoms with Gasteiger partial charge in [0, 0.05) is 26.2 Å². The zero-order chi connectivity index (χ0) is 15.2. The van der Waals surface area contributed by atoms with Gasteiger partial charge in [-0.15, -0.1) is 0 Å². The quantitative estimate of drug-likeness (QED) is 0.664. The molecule has 0 amide bonds. The van der Waals surface area contributed by atoms with Crippen LogP contribution in [0.3, 0.4) is 0 Å². The molecule has 4 atom stereocenters. The van der Waals surface area contributed by atoms with E-state index in [1.165, 1.54) is 71.4 Å². The van der Waals surface area contributed by atoms with Crippen LogP contribution in [-0.4, -0.2) is 49.1 Å². The van der Waals surface area contributed by atoms with Gasteiger partial charge >= 0.3 is 0 Å². The smallest absolute Gasteiger partial charge is 0.00128 e. The summed E-state index contributed by atoms with van der Waals surface area (Å²) in [6.45, 7) is 17.6. The van der Waals surface area contributed by atoms with Crippen LogP contribution in [0.15, 0.2) is 0 Å². The maximum absolute atomic E-state index is 2.74. The SMILES string of the molecule is CCC1CN(CCCN2CC(CC)C(CC)C2)CC1CC. The molecule has 2 aliphatic rings. The van der Waals surface area contributed by atoms with Gasteiger partial charge in [-0.25, -0.2) is 0 Å². The maximum Gasteiger partial charge on any atom is 0.00128 e. The number of nitrogens with zero attached hydrogens (tertiary/aromatic N) is 2. The van der Waals surface area contributed by atoms with Crippen molar-refractivity contribution in [3.8, 4) is 0 Å². The minimum Gasteiger partial charge on any atom is -0.303 e.